The predicted octanol–water partition coefficient (Wildman–Crippen LogP) is 4.91. The molecule has 1 aliphatic heterocycles. The lowest BCUT2D eigenvalue weighted by molar-refractivity contribution is 0.180. The minimum absolute atomic E-state index is 0.192. The Labute approximate surface area is 156 Å². The molecule has 1 saturated heterocycles. The average molecular weight is 372 g/mol. The van der Waals surface area contributed by atoms with Crippen molar-refractivity contribution in [3.63, 3.8) is 0 Å². The highest BCUT2D eigenvalue weighted by atomic mass is 35.5. The monoisotopic (exact) mass is 371 g/mol. The van der Waals surface area contributed by atoms with Crippen molar-refractivity contribution >= 4 is 11.6 Å². The number of likely N-dealkylation sites (tertiary alicyclic amines) is 1. The molecule has 1 atom stereocenters. The van der Waals surface area contributed by atoms with Crippen LogP contribution in [0, 0.1) is 5.82 Å². The van der Waals surface area contributed by atoms with Gasteiger partial charge in [-0.3, -0.25) is 4.90 Å². The Bertz CT molecular complexity index is 898. The van der Waals surface area contributed by atoms with E-state index in [-0.39, 0.29) is 11.7 Å². The maximum atomic E-state index is 13.4. The van der Waals surface area contributed by atoms with E-state index in [9.17, 15) is 4.39 Å². The molecule has 1 aliphatic rings. The van der Waals surface area contributed by atoms with Gasteiger partial charge in [0.05, 0.1) is 5.92 Å². The first kappa shape index (κ1) is 17.2. The van der Waals surface area contributed by atoms with Gasteiger partial charge >= 0.3 is 0 Å². The standard InChI is InChI=1S/C20H19ClFN3O/c21-17-7-1-4-14(10-17)12-25-9-3-6-16(13-25)20-23-19(24-26-20)15-5-2-8-18(22)11-15/h1-2,4-5,7-8,10-11,16H,3,6,9,12-13H2. The lowest BCUT2D eigenvalue weighted by Gasteiger charge is -2.30. The Morgan fingerprint density at radius 1 is 1.19 bits per heavy atom. The fourth-order valence-corrected chi connectivity index (χ4v) is 3.65. The summed E-state index contributed by atoms with van der Waals surface area (Å²) in [6, 6.07) is 14.2. The van der Waals surface area contributed by atoms with Crippen molar-refractivity contribution in [3.8, 4) is 11.4 Å². The molecular formula is C20H19ClFN3O. The molecule has 1 fully saturated rings. The first-order valence-electron chi connectivity index (χ1n) is 8.74. The van der Waals surface area contributed by atoms with Crippen molar-refractivity contribution in [3.05, 3.63) is 70.8 Å². The summed E-state index contributed by atoms with van der Waals surface area (Å²) < 4.78 is 18.9. The number of benzene rings is 2. The summed E-state index contributed by atoms with van der Waals surface area (Å²) in [6.45, 7) is 2.74. The molecule has 0 aliphatic carbocycles. The Morgan fingerprint density at radius 3 is 2.92 bits per heavy atom. The van der Waals surface area contributed by atoms with Crippen LogP contribution in [0.3, 0.4) is 0 Å². The summed E-state index contributed by atoms with van der Waals surface area (Å²) >= 11 is 6.08. The molecule has 0 amide bonds. The molecule has 134 valence electrons. The van der Waals surface area contributed by atoms with E-state index in [4.69, 9.17) is 16.1 Å². The molecule has 1 unspecified atom stereocenters. The van der Waals surface area contributed by atoms with Crippen molar-refractivity contribution in [2.75, 3.05) is 13.1 Å². The summed E-state index contributed by atoms with van der Waals surface area (Å²) in [5, 5.41) is 4.79. The number of halogens is 2. The molecule has 2 heterocycles. The summed E-state index contributed by atoms with van der Waals surface area (Å²) in [5.41, 5.74) is 1.83. The van der Waals surface area contributed by atoms with Crippen LogP contribution >= 0.6 is 11.6 Å². The van der Waals surface area contributed by atoms with Crippen molar-refractivity contribution in [2.24, 2.45) is 0 Å². The number of nitrogens with zero attached hydrogens (tertiary/aromatic N) is 3. The minimum Gasteiger partial charge on any atom is -0.339 e. The van der Waals surface area contributed by atoms with Gasteiger partial charge in [-0.25, -0.2) is 4.39 Å². The number of aromatic nitrogens is 2. The molecule has 0 spiro atoms. The second kappa shape index (κ2) is 7.56. The van der Waals surface area contributed by atoms with Crippen LogP contribution in [-0.2, 0) is 6.54 Å². The lowest BCUT2D eigenvalue weighted by Crippen LogP contribution is -2.34. The molecule has 0 radical (unpaired) electrons. The van der Waals surface area contributed by atoms with Crippen LogP contribution in [0.5, 0.6) is 0 Å². The Hall–Kier alpha value is -2.24. The van der Waals surface area contributed by atoms with E-state index < -0.39 is 0 Å². The lowest BCUT2D eigenvalue weighted by atomic mass is 9.97. The molecule has 4 nitrogen and oxygen atoms in total. The third-order valence-electron chi connectivity index (χ3n) is 4.67. The fraction of sp³-hybridized carbons (Fsp3) is 0.300. The molecule has 2 aromatic carbocycles. The quantitative estimate of drug-likeness (QED) is 0.653. The molecule has 0 N–H and O–H groups in total. The van der Waals surface area contributed by atoms with Gasteiger partial charge in [-0.2, -0.15) is 4.98 Å². The zero-order chi connectivity index (χ0) is 17.9. The van der Waals surface area contributed by atoms with E-state index in [0.29, 0.717) is 17.3 Å². The van der Waals surface area contributed by atoms with Gasteiger partial charge in [0.25, 0.3) is 0 Å². The maximum absolute atomic E-state index is 13.4. The topological polar surface area (TPSA) is 42.2 Å². The summed E-state index contributed by atoms with van der Waals surface area (Å²) in [4.78, 5) is 6.89. The van der Waals surface area contributed by atoms with E-state index in [1.54, 1.807) is 12.1 Å². The van der Waals surface area contributed by atoms with E-state index >= 15 is 0 Å². The van der Waals surface area contributed by atoms with Gasteiger partial charge in [0, 0.05) is 23.7 Å². The molecule has 26 heavy (non-hydrogen) atoms. The summed E-state index contributed by atoms with van der Waals surface area (Å²) in [6.07, 6.45) is 2.08. The van der Waals surface area contributed by atoms with Gasteiger partial charge in [0.15, 0.2) is 0 Å². The molecule has 1 aromatic heterocycles. The Balaban J connectivity index is 1.46. The van der Waals surface area contributed by atoms with Gasteiger partial charge in [0.1, 0.15) is 5.82 Å². The smallest absolute Gasteiger partial charge is 0.231 e. The van der Waals surface area contributed by atoms with Crippen LogP contribution in [0.15, 0.2) is 53.1 Å². The summed E-state index contributed by atoms with van der Waals surface area (Å²) in [7, 11) is 0. The maximum Gasteiger partial charge on any atom is 0.231 e. The third kappa shape index (κ3) is 3.94. The first-order chi connectivity index (χ1) is 12.7. The highest BCUT2D eigenvalue weighted by Crippen LogP contribution is 2.28. The Kier molecular flexibility index (Phi) is 5.00. The number of hydrogen-bond acceptors (Lipinski definition) is 4. The number of rotatable bonds is 4. The fourth-order valence-electron chi connectivity index (χ4n) is 3.44. The number of piperidine rings is 1. The average Bonchev–Trinajstić information content (AvgIpc) is 3.12. The van der Waals surface area contributed by atoms with Crippen molar-refractivity contribution < 1.29 is 8.91 Å². The molecule has 6 heteroatoms. The van der Waals surface area contributed by atoms with Crippen LogP contribution in [0.25, 0.3) is 11.4 Å². The zero-order valence-corrected chi connectivity index (χ0v) is 15.0. The van der Waals surface area contributed by atoms with Gasteiger partial charge in [-0.1, -0.05) is 41.0 Å². The van der Waals surface area contributed by atoms with Gasteiger partial charge in [0.2, 0.25) is 11.7 Å². The van der Waals surface area contributed by atoms with Crippen LogP contribution in [0.2, 0.25) is 5.02 Å². The van der Waals surface area contributed by atoms with E-state index in [0.717, 1.165) is 37.5 Å². The SMILES string of the molecule is Fc1cccc(-c2noc(C3CCCN(Cc4cccc(Cl)c4)C3)n2)c1. The van der Waals surface area contributed by atoms with E-state index in [1.165, 1.54) is 17.7 Å². The third-order valence-corrected chi connectivity index (χ3v) is 4.91. The molecular weight excluding hydrogens is 353 g/mol. The van der Waals surface area contributed by atoms with E-state index in [2.05, 4.69) is 21.1 Å². The zero-order valence-electron chi connectivity index (χ0n) is 14.2. The first-order valence-corrected chi connectivity index (χ1v) is 9.11. The predicted molar refractivity (Wildman–Crippen MR) is 98.4 cm³/mol. The second-order valence-electron chi connectivity index (χ2n) is 6.67. The van der Waals surface area contributed by atoms with Crippen LogP contribution < -0.4 is 0 Å². The molecule has 0 bridgehead atoms. The molecule has 0 saturated carbocycles. The van der Waals surface area contributed by atoms with Crippen LogP contribution in [0.1, 0.15) is 30.2 Å². The van der Waals surface area contributed by atoms with Gasteiger partial charge < -0.3 is 4.52 Å². The van der Waals surface area contributed by atoms with E-state index in [1.807, 2.05) is 18.2 Å². The van der Waals surface area contributed by atoms with Crippen molar-refractivity contribution in [1.29, 1.82) is 0 Å². The number of hydrogen-bond donors (Lipinski definition) is 0. The van der Waals surface area contributed by atoms with Crippen molar-refractivity contribution in [2.45, 2.75) is 25.3 Å². The van der Waals surface area contributed by atoms with Gasteiger partial charge in [-0.15, -0.1) is 0 Å². The van der Waals surface area contributed by atoms with Crippen molar-refractivity contribution in [1.82, 2.24) is 15.0 Å². The van der Waals surface area contributed by atoms with Crippen LogP contribution in [0.4, 0.5) is 4.39 Å². The Morgan fingerprint density at radius 2 is 2.08 bits per heavy atom. The van der Waals surface area contributed by atoms with Crippen LogP contribution in [-0.4, -0.2) is 28.1 Å². The molecule has 3 aromatic rings. The minimum atomic E-state index is -0.306. The second-order valence-corrected chi connectivity index (χ2v) is 7.11. The highest BCUT2D eigenvalue weighted by molar-refractivity contribution is 6.30. The normalized spacial score (nSPS) is 18.2. The largest absolute Gasteiger partial charge is 0.339 e. The van der Waals surface area contributed by atoms with Gasteiger partial charge in [-0.05, 0) is 49.2 Å². The highest BCUT2D eigenvalue weighted by Gasteiger charge is 2.26. The summed E-state index contributed by atoms with van der Waals surface area (Å²) in [5.74, 6) is 0.948. The molecule has 4 rings (SSSR count).